The summed E-state index contributed by atoms with van der Waals surface area (Å²) in [5.41, 5.74) is 1.06. The lowest BCUT2D eigenvalue weighted by molar-refractivity contribution is -0.156. The molecule has 1 N–H and O–H groups in total. The van der Waals surface area contributed by atoms with Crippen molar-refractivity contribution in [2.45, 2.75) is 5.54 Å². The zero-order valence-corrected chi connectivity index (χ0v) is 10.6. The minimum Gasteiger partial charge on any atom is -0.388 e. The first-order valence-electron chi connectivity index (χ1n) is 6.11. The Labute approximate surface area is 106 Å². The molecule has 98 valence electrons. The highest BCUT2D eigenvalue weighted by Gasteiger charge is 2.55. The SMILES string of the molecule is CNc1ccc(F)c(C23COCC2CON3C)c1. The summed E-state index contributed by atoms with van der Waals surface area (Å²) in [7, 11) is 3.67. The zero-order chi connectivity index (χ0) is 12.8. The normalized spacial score (nSPS) is 31.6. The number of nitrogens with one attached hydrogen (secondary N) is 1. The van der Waals surface area contributed by atoms with Crippen molar-refractivity contribution in [3.8, 4) is 0 Å². The average molecular weight is 252 g/mol. The van der Waals surface area contributed by atoms with Crippen molar-refractivity contribution in [3.63, 3.8) is 0 Å². The molecule has 0 amide bonds. The lowest BCUT2D eigenvalue weighted by Gasteiger charge is -2.33. The van der Waals surface area contributed by atoms with E-state index in [1.54, 1.807) is 11.1 Å². The predicted molar refractivity (Wildman–Crippen MR) is 65.6 cm³/mol. The predicted octanol–water partition coefficient (Wildman–Crippen LogP) is 1.59. The van der Waals surface area contributed by atoms with Gasteiger partial charge in [0.25, 0.3) is 0 Å². The van der Waals surface area contributed by atoms with E-state index >= 15 is 0 Å². The summed E-state index contributed by atoms with van der Waals surface area (Å²) >= 11 is 0. The molecule has 1 aromatic carbocycles. The van der Waals surface area contributed by atoms with Gasteiger partial charge in [0.15, 0.2) is 0 Å². The Morgan fingerprint density at radius 2 is 2.28 bits per heavy atom. The number of ether oxygens (including phenoxy) is 1. The molecule has 1 aromatic rings. The van der Waals surface area contributed by atoms with E-state index in [9.17, 15) is 4.39 Å². The van der Waals surface area contributed by atoms with Crippen LogP contribution in [0.2, 0.25) is 0 Å². The van der Waals surface area contributed by atoms with E-state index in [-0.39, 0.29) is 11.7 Å². The van der Waals surface area contributed by atoms with Gasteiger partial charge in [-0.3, -0.25) is 4.84 Å². The summed E-state index contributed by atoms with van der Waals surface area (Å²) in [5, 5.41) is 4.80. The summed E-state index contributed by atoms with van der Waals surface area (Å²) in [6, 6.07) is 5.08. The van der Waals surface area contributed by atoms with E-state index in [1.807, 2.05) is 20.2 Å². The van der Waals surface area contributed by atoms with Gasteiger partial charge >= 0.3 is 0 Å². The van der Waals surface area contributed by atoms with Gasteiger partial charge in [0.2, 0.25) is 0 Å². The van der Waals surface area contributed by atoms with Crippen LogP contribution in [0, 0.1) is 11.7 Å². The highest BCUT2D eigenvalue weighted by molar-refractivity contribution is 5.48. The first-order valence-corrected chi connectivity index (χ1v) is 6.11. The minimum absolute atomic E-state index is 0.184. The molecule has 2 unspecified atom stereocenters. The van der Waals surface area contributed by atoms with E-state index < -0.39 is 5.54 Å². The first kappa shape index (κ1) is 11.9. The van der Waals surface area contributed by atoms with Crippen molar-refractivity contribution in [2.75, 3.05) is 39.2 Å². The molecule has 0 aliphatic carbocycles. The van der Waals surface area contributed by atoms with Gasteiger partial charge < -0.3 is 10.1 Å². The lowest BCUT2D eigenvalue weighted by atomic mass is 9.81. The van der Waals surface area contributed by atoms with Gasteiger partial charge in [-0.2, -0.15) is 5.06 Å². The first-order chi connectivity index (χ1) is 8.68. The molecule has 18 heavy (non-hydrogen) atoms. The van der Waals surface area contributed by atoms with Gasteiger partial charge in [-0.25, -0.2) is 4.39 Å². The molecule has 2 atom stereocenters. The summed E-state index contributed by atoms with van der Waals surface area (Å²) in [4.78, 5) is 5.57. The number of halogens is 1. The number of hydrogen-bond acceptors (Lipinski definition) is 4. The third-order valence-electron chi connectivity index (χ3n) is 4.07. The summed E-state index contributed by atoms with van der Waals surface area (Å²) in [6.45, 7) is 1.67. The van der Waals surface area contributed by atoms with Gasteiger partial charge in [-0.05, 0) is 18.2 Å². The fourth-order valence-corrected chi connectivity index (χ4v) is 2.94. The fraction of sp³-hybridized carbons (Fsp3) is 0.538. The number of benzene rings is 1. The zero-order valence-electron chi connectivity index (χ0n) is 10.6. The molecule has 0 saturated carbocycles. The Kier molecular flexibility index (Phi) is 2.77. The van der Waals surface area contributed by atoms with Crippen LogP contribution in [0.1, 0.15) is 5.56 Å². The van der Waals surface area contributed by atoms with Gasteiger partial charge in [0.05, 0.1) is 19.8 Å². The Morgan fingerprint density at radius 1 is 1.44 bits per heavy atom. The molecule has 4 nitrogen and oxygen atoms in total. The second-order valence-corrected chi connectivity index (χ2v) is 4.87. The maximum absolute atomic E-state index is 14.2. The second kappa shape index (κ2) is 4.19. The smallest absolute Gasteiger partial charge is 0.128 e. The van der Waals surface area contributed by atoms with Crippen LogP contribution in [-0.4, -0.2) is 39.0 Å². The lowest BCUT2D eigenvalue weighted by Crippen LogP contribution is -2.43. The van der Waals surface area contributed by atoms with Crippen molar-refractivity contribution in [3.05, 3.63) is 29.6 Å². The molecule has 2 aliphatic heterocycles. The van der Waals surface area contributed by atoms with E-state index in [0.717, 1.165) is 5.69 Å². The number of fused-ring (bicyclic) bond motifs is 1. The number of hydrogen-bond donors (Lipinski definition) is 1. The number of rotatable bonds is 2. The second-order valence-electron chi connectivity index (χ2n) is 4.87. The monoisotopic (exact) mass is 252 g/mol. The average Bonchev–Trinajstić information content (AvgIpc) is 2.92. The summed E-state index contributed by atoms with van der Waals surface area (Å²) in [5.74, 6) is -0.0223. The van der Waals surface area contributed by atoms with Crippen molar-refractivity contribution < 1.29 is 14.0 Å². The van der Waals surface area contributed by atoms with Crippen LogP contribution in [0.25, 0.3) is 0 Å². The highest BCUT2D eigenvalue weighted by atomic mass is 19.1. The maximum Gasteiger partial charge on any atom is 0.128 e. The van der Waals surface area contributed by atoms with E-state index in [2.05, 4.69) is 5.32 Å². The molecular formula is C13H17FN2O2. The molecule has 0 aromatic heterocycles. The maximum atomic E-state index is 14.2. The molecular weight excluding hydrogens is 235 g/mol. The van der Waals surface area contributed by atoms with Crippen molar-refractivity contribution in [1.82, 2.24) is 5.06 Å². The van der Waals surface area contributed by atoms with Gasteiger partial charge in [-0.15, -0.1) is 0 Å². The molecule has 0 bridgehead atoms. The number of likely N-dealkylation sites (N-methyl/N-ethyl adjacent to an activating group) is 1. The number of anilines is 1. The Bertz CT molecular complexity index is 468. The van der Waals surface area contributed by atoms with Gasteiger partial charge in [-0.1, -0.05) is 0 Å². The highest BCUT2D eigenvalue weighted by Crippen LogP contribution is 2.46. The Morgan fingerprint density at radius 3 is 3.06 bits per heavy atom. The van der Waals surface area contributed by atoms with E-state index in [1.165, 1.54) is 6.07 Å². The van der Waals surface area contributed by atoms with E-state index in [4.69, 9.17) is 9.57 Å². The summed E-state index contributed by atoms with van der Waals surface area (Å²) in [6.07, 6.45) is 0. The molecule has 5 heteroatoms. The molecule has 2 saturated heterocycles. The molecule has 3 rings (SSSR count). The molecule has 2 aliphatic rings. The quantitative estimate of drug-likeness (QED) is 0.866. The summed E-state index contributed by atoms with van der Waals surface area (Å²) < 4.78 is 19.8. The molecule has 2 fully saturated rings. The molecule has 0 spiro atoms. The van der Waals surface area contributed by atoms with Crippen LogP contribution in [0.15, 0.2) is 18.2 Å². The van der Waals surface area contributed by atoms with Crippen LogP contribution in [0.3, 0.4) is 0 Å². The molecule has 2 heterocycles. The Hall–Kier alpha value is -1.17. The van der Waals surface area contributed by atoms with Crippen LogP contribution < -0.4 is 5.32 Å². The number of nitrogens with zero attached hydrogens (tertiary/aromatic N) is 1. The van der Waals surface area contributed by atoms with Crippen LogP contribution in [0.4, 0.5) is 10.1 Å². The van der Waals surface area contributed by atoms with Gasteiger partial charge in [0.1, 0.15) is 11.4 Å². The van der Waals surface area contributed by atoms with Crippen LogP contribution >= 0.6 is 0 Å². The van der Waals surface area contributed by atoms with E-state index in [0.29, 0.717) is 25.4 Å². The Balaban J connectivity index is 2.12. The molecule has 0 radical (unpaired) electrons. The third-order valence-corrected chi connectivity index (χ3v) is 4.07. The van der Waals surface area contributed by atoms with Gasteiger partial charge in [0, 0.05) is 31.3 Å². The third kappa shape index (κ3) is 1.48. The van der Waals surface area contributed by atoms with Crippen molar-refractivity contribution in [1.29, 1.82) is 0 Å². The van der Waals surface area contributed by atoms with Crippen LogP contribution in [0.5, 0.6) is 0 Å². The fourth-order valence-electron chi connectivity index (χ4n) is 2.94. The topological polar surface area (TPSA) is 33.7 Å². The van der Waals surface area contributed by atoms with Crippen LogP contribution in [-0.2, 0) is 15.1 Å². The largest absolute Gasteiger partial charge is 0.388 e. The van der Waals surface area contributed by atoms with Crippen molar-refractivity contribution in [2.24, 2.45) is 5.92 Å². The number of hydroxylamine groups is 2. The van der Waals surface area contributed by atoms with Crippen molar-refractivity contribution >= 4 is 5.69 Å². The minimum atomic E-state index is -0.489. The standard InChI is InChI=1S/C13H17FN2O2/c1-15-10-3-4-12(14)11(5-10)13-8-17-6-9(13)7-18-16(13)2/h3-5,9,15H,6-8H2,1-2H3.